The first-order valence-electron chi connectivity index (χ1n) is 11.2. The normalized spacial score (nSPS) is 17.2. The van der Waals surface area contributed by atoms with Crippen molar-refractivity contribution >= 4 is 18.0 Å². The van der Waals surface area contributed by atoms with E-state index in [1.807, 2.05) is 12.3 Å². The van der Waals surface area contributed by atoms with E-state index < -0.39 is 37.1 Å². The number of carbonyl (C=O) groups is 3. The van der Waals surface area contributed by atoms with E-state index in [4.69, 9.17) is 24.5 Å². The molecule has 3 N–H and O–H groups in total. The van der Waals surface area contributed by atoms with Gasteiger partial charge in [-0.1, -0.05) is 6.07 Å². The second-order valence-corrected chi connectivity index (χ2v) is 8.72. The smallest absolute Gasteiger partial charge is 0.475 e. The fourth-order valence-electron chi connectivity index (χ4n) is 3.92. The number of likely N-dealkylation sites (tertiary alicyclic amines) is 1. The Bertz CT molecular complexity index is 903. The number of hydrogen-bond acceptors (Lipinski definition) is 6. The zero-order valence-corrected chi connectivity index (χ0v) is 20.2. The van der Waals surface area contributed by atoms with Gasteiger partial charge in [-0.05, 0) is 62.7 Å². The van der Waals surface area contributed by atoms with Gasteiger partial charge in [0.05, 0.1) is 5.69 Å². The van der Waals surface area contributed by atoms with E-state index >= 15 is 0 Å². The lowest BCUT2D eigenvalue weighted by molar-refractivity contribution is -0.193. The van der Waals surface area contributed by atoms with Gasteiger partial charge < -0.3 is 20.3 Å². The summed E-state index contributed by atoms with van der Waals surface area (Å²) in [5.41, 5.74) is 2.78. The summed E-state index contributed by atoms with van der Waals surface area (Å²) >= 11 is 0. The zero-order chi connectivity index (χ0) is 29.1. The van der Waals surface area contributed by atoms with Gasteiger partial charge in [-0.25, -0.2) is 18.8 Å². The second kappa shape index (κ2) is 14.1. The molecule has 1 saturated heterocycles. The molecule has 2 heterocycles. The number of nitrogens with one attached hydrogen (secondary N) is 1. The molecular weight excluding hydrogens is 535 g/mol. The van der Waals surface area contributed by atoms with Crippen molar-refractivity contribution in [1.29, 1.82) is 0 Å². The molecule has 1 spiro atoms. The number of carboxylic acid groups (broad SMARTS) is 2. The maximum atomic E-state index is 12.0. The monoisotopic (exact) mass is 563 g/mol. The Balaban J connectivity index is 0.000000426. The lowest BCUT2D eigenvalue weighted by Crippen LogP contribution is -2.54. The topological polar surface area (TPSA) is 129 Å². The number of ether oxygens (including phenoxy) is 1. The van der Waals surface area contributed by atoms with Crippen LogP contribution in [-0.2, 0) is 20.9 Å². The van der Waals surface area contributed by atoms with Gasteiger partial charge in [0.2, 0.25) is 0 Å². The molecule has 0 atom stereocenters. The molecule has 1 aromatic rings. The Morgan fingerprint density at radius 3 is 2.00 bits per heavy atom. The highest BCUT2D eigenvalue weighted by molar-refractivity contribution is 5.73. The molecule has 1 aliphatic carbocycles. The van der Waals surface area contributed by atoms with Gasteiger partial charge in [0.25, 0.3) is 0 Å². The van der Waals surface area contributed by atoms with Crippen molar-refractivity contribution in [2.75, 3.05) is 26.4 Å². The molecule has 2 fully saturated rings. The molecule has 1 aliphatic heterocycles. The summed E-state index contributed by atoms with van der Waals surface area (Å²) in [4.78, 5) is 36.2. The first-order valence-corrected chi connectivity index (χ1v) is 11.2. The molecule has 3 rings (SSSR count). The van der Waals surface area contributed by atoms with Crippen molar-refractivity contribution < 1.29 is 60.1 Å². The predicted molar refractivity (Wildman–Crippen MR) is 117 cm³/mol. The average Bonchev–Trinajstić information content (AvgIpc) is 2.79. The fraction of sp³-hybridized carbons (Fsp3) is 0.636. The Morgan fingerprint density at radius 1 is 1.08 bits per heavy atom. The van der Waals surface area contributed by atoms with E-state index in [0.717, 1.165) is 51.0 Å². The summed E-state index contributed by atoms with van der Waals surface area (Å²) < 4.78 is 80.2. The van der Waals surface area contributed by atoms with E-state index in [-0.39, 0.29) is 12.6 Å². The summed E-state index contributed by atoms with van der Waals surface area (Å²) in [6, 6.07) is 4.27. The number of aryl methyl sites for hydroxylation is 1. The molecule has 0 radical (unpaired) electrons. The minimum atomic E-state index is -5.08. The van der Waals surface area contributed by atoms with Crippen LogP contribution in [0.15, 0.2) is 18.3 Å². The minimum Gasteiger partial charge on any atom is -0.475 e. The highest BCUT2D eigenvalue weighted by Crippen LogP contribution is 2.49. The first-order chi connectivity index (χ1) is 17.5. The summed E-state index contributed by atoms with van der Waals surface area (Å²) in [6.07, 6.45) is -4.45. The first kappa shape index (κ1) is 32.9. The van der Waals surface area contributed by atoms with Crippen LogP contribution in [0.1, 0.15) is 36.9 Å². The SMILES string of the molecule is Cc1cccnc1CN1CCC2(CC1)CC(NC(=O)OCCF)C2.O=C(O)C(F)(F)F.O=C(O)C(F)(F)F. The maximum absolute atomic E-state index is 12.0. The molecule has 0 bridgehead atoms. The van der Waals surface area contributed by atoms with Crippen molar-refractivity contribution in [3.8, 4) is 0 Å². The summed E-state index contributed by atoms with van der Waals surface area (Å²) in [5, 5.41) is 17.1. The van der Waals surface area contributed by atoms with Crippen LogP contribution in [0, 0.1) is 12.3 Å². The lowest BCUT2D eigenvalue weighted by atomic mass is 9.60. The maximum Gasteiger partial charge on any atom is 0.490 e. The van der Waals surface area contributed by atoms with Gasteiger partial charge in [0.15, 0.2) is 0 Å². The summed E-state index contributed by atoms with van der Waals surface area (Å²) in [5.74, 6) is -5.51. The number of amides is 1. The van der Waals surface area contributed by atoms with E-state index in [0.29, 0.717) is 5.41 Å². The Morgan fingerprint density at radius 2 is 1.58 bits per heavy atom. The van der Waals surface area contributed by atoms with Crippen LogP contribution in [0.4, 0.5) is 35.5 Å². The molecule has 2 aliphatic rings. The third-order valence-corrected chi connectivity index (χ3v) is 5.88. The number of halogens is 7. The van der Waals surface area contributed by atoms with E-state index in [1.165, 1.54) is 5.56 Å². The quantitative estimate of drug-likeness (QED) is 0.457. The van der Waals surface area contributed by atoms with Gasteiger partial charge in [-0.2, -0.15) is 26.3 Å². The Kier molecular flexibility index (Phi) is 12.2. The van der Waals surface area contributed by atoms with Crippen LogP contribution in [0.5, 0.6) is 0 Å². The van der Waals surface area contributed by atoms with E-state index in [2.05, 4.69) is 28.2 Å². The van der Waals surface area contributed by atoms with E-state index in [9.17, 15) is 35.5 Å². The number of piperidine rings is 1. The van der Waals surface area contributed by atoms with Crippen molar-refractivity contribution in [2.24, 2.45) is 5.41 Å². The number of pyridine rings is 1. The number of rotatable bonds is 5. The lowest BCUT2D eigenvalue weighted by Gasteiger charge is -2.52. The second-order valence-electron chi connectivity index (χ2n) is 8.72. The largest absolute Gasteiger partial charge is 0.490 e. The zero-order valence-electron chi connectivity index (χ0n) is 20.2. The molecular formula is C22H28F7N3O6. The fourth-order valence-corrected chi connectivity index (χ4v) is 3.92. The number of aliphatic carboxylic acids is 2. The van der Waals surface area contributed by atoms with Gasteiger partial charge in [-0.3, -0.25) is 9.88 Å². The molecule has 216 valence electrons. The molecule has 1 aromatic heterocycles. The number of carbonyl (C=O) groups excluding carboxylic acids is 1. The van der Waals surface area contributed by atoms with Crippen LogP contribution >= 0.6 is 0 Å². The Hall–Kier alpha value is -3.17. The number of hydrogen-bond donors (Lipinski definition) is 3. The molecule has 1 amide bonds. The molecule has 0 unspecified atom stereocenters. The van der Waals surface area contributed by atoms with Crippen molar-refractivity contribution in [1.82, 2.24) is 15.2 Å². The molecule has 0 aromatic carbocycles. The minimum absolute atomic E-state index is 0.161. The van der Waals surface area contributed by atoms with Crippen LogP contribution in [0.3, 0.4) is 0 Å². The third-order valence-electron chi connectivity index (χ3n) is 5.88. The van der Waals surface area contributed by atoms with Gasteiger partial charge in [-0.15, -0.1) is 0 Å². The standard InChI is InChI=1S/C18H26FN3O2.2C2HF3O2/c1-14-3-2-7-20-16(14)13-22-8-4-18(5-9-22)11-15(12-18)21-17(23)24-10-6-19;2*3-2(4,5)1(6)7/h2-3,7,15H,4-6,8-13H2,1H3,(H,21,23);2*(H,6,7). The molecule has 38 heavy (non-hydrogen) atoms. The molecule has 16 heteroatoms. The van der Waals surface area contributed by atoms with Crippen molar-refractivity contribution in [3.63, 3.8) is 0 Å². The Labute approximate surface area is 213 Å². The third kappa shape index (κ3) is 11.5. The number of carboxylic acids is 2. The summed E-state index contributed by atoms with van der Waals surface area (Å²) in [6.45, 7) is 4.39. The van der Waals surface area contributed by atoms with Crippen molar-refractivity contribution in [3.05, 3.63) is 29.6 Å². The number of alkyl halides is 7. The van der Waals surface area contributed by atoms with Gasteiger partial charge in [0.1, 0.15) is 13.3 Å². The number of alkyl carbamates (subject to hydrolysis) is 1. The highest BCUT2D eigenvalue weighted by Gasteiger charge is 2.46. The van der Waals surface area contributed by atoms with Gasteiger partial charge in [0, 0.05) is 18.8 Å². The van der Waals surface area contributed by atoms with E-state index in [1.54, 1.807) is 0 Å². The van der Waals surface area contributed by atoms with Gasteiger partial charge >= 0.3 is 30.4 Å². The predicted octanol–water partition coefficient (Wildman–Crippen LogP) is 4.10. The van der Waals surface area contributed by atoms with Crippen LogP contribution in [-0.4, -0.2) is 82.9 Å². The van der Waals surface area contributed by atoms with Crippen molar-refractivity contribution in [2.45, 2.75) is 57.5 Å². The highest BCUT2D eigenvalue weighted by atomic mass is 19.4. The number of aromatic nitrogens is 1. The van der Waals surface area contributed by atoms with Crippen LogP contribution < -0.4 is 5.32 Å². The average molecular weight is 563 g/mol. The summed E-state index contributed by atoms with van der Waals surface area (Å²) in [7, 11) is 0. The molecule has 1 saturated carbocycles. The van der Waals surface area contributed by atoms with Crippen LogP contribution in [0.25, 0.3) is 0 Å². The number of nitrogens with zero attached hydrogens (tertiary/aromatic N) is 2. The molecule has 9 nitrogen and oxygen atoms in total. The van der Waals surface area contributed by atoms with Crippen LogP contribution in [0.2, 0.25) is 0 Å².